The van der Waals surface area contributed by atoms with E-state index in [0.29, 0.717) is 31.6 Å². The number of nitrogens with zero attached hydrogens (tertiary/aromatic N) is 6. The molecule has 0 spiro atoms. The second-order valence-corrected chi connectivity index (χ2v) is 8.89. The van der Waals surface area contributed by atoms with Crippen LogP contribution < -0.4 is 16.1 Å². The minimum atomic E-state index is -4.68. The van der Waals surface area contributed by atoms with Crippen molar-refractivity contribution in [1.82, 2.24) is 24.1 Å². The predicted molar refractivity (Wildman–Crippen MR) is 128 cm³/mol. The molecule has 4 aromatic rings. The largest absolute Gasteiger partial charge is 0.418 e. The molecular weight excluding hydrogens is 492 g/mol. The van der Waals surface area contributed by atoms with E-state index in [4.69, 9.17) is 0 Å². The first kappa shape index (κ1) is 24.6. The van der Waals surface area contributed by atoms with Crippen LogP contribution >= 0.6 is 0 Å². The second-order valence-electron chi connectivity index (χ2n) is 8.89. The molecular formula is C25H22F4N6O2. The molecule has 192 valence electrons. The first-order valence-corrected chi connectivity index (χ1v) is 11.6. The van der Waals surface area contributed by atoms with Crippen molar-refractivity contribution in [3.05, 3.63) is 92.4 Å². The molecule has 1 fully saturated rings. The molecule has 8 nitrogen and oxygen atoms in total. The number of alkyl halides is 3. The minimum absolute atomic E-state index is 0.119. The van der Waals surface area contributed by atoms with E-state index < -0.39 is 35.6 Å². The molecule has 0 bridgehead atoms. The molecule has 5 rings (SSSR count). The molecule has 1 aliphatic rings. The lowest BCUT2D eigenvalue weighted by atomic mass is 10.0. The number of benzene rings is 1. The Labute approximate surface area is 207 Å². The molecule has 4 heterocycles. The summed E-state index contributed by atoms with van der Waals surface area (Å²) in [7, 11) is 0. The van der Waals surface area contributed by atoms with Crippen molar-refractivity contribution in [3.8, 4) is 0 Å². The van der Waals surface area contributed by atoms with Crippen LogP contribution in [0.3, 0.4) is 0 Å². The second kappa shape index (κ2) is 9.41. The van der Waals surface area contributed by atoms with Crippen LogP contribution in [0.15, 0.2) is 58.5 Å². The highest BCUT2D eigenvalue weighted by Gasteiger charge is 2.34. The summed E-state index contributed by atoms with van der Waals surface area (Å²) >= 11 is 0. The average molecular weight is 514 g/mol. The first-order valence-electron chi connectivity index (χ1n) is 11.6. The molecule has 0 unspecified atom stereocenters. The van der Waals surface area contributed by atoms with Gasteiger partial charge in [0.25, 0.3) is 5.56 Å². The highest BCUT2D eigenvalue weighted by atomic mass is 19.4. The normalized spacial score (nSPS) is 14.9. The molecule has 37 heavy (non-hydrogen) atoms. The van der Waals surface area contributed by atoms with E-state index in [1.165, 1.54) is 30.7 Å². The summed E-state index contributed by atoms with van der Waals surface area (Å²) in [5.74, 6) is -0.352. The first-order chi connectivity index (χ1) is 17.7. The van der Waals surface area contributed by atoms with E-state index in [-0.39, 0.29) is 22.7 Å². The van der Waals surface area contributed by atoms with Crippen molar-refractivity contribution in [3.63, 3.8) is 0 Å². The molecule has 0 radical (unpaired) electrons. The number of piperidine rings is 1. The number of aryl methyl sites for hydroxylation is 1. The zero-order valence-corrected chi connectivity index (χ0v) is 19.7. The lowest BCUT2D eigenvalue weighted by Crippen LogP contribution is -2.46. The van der Waals surface area contributed by atoms with E-state index in [2.05, 4.69) is 15.0 Å². The Balaban J connectivity index is 1.56. The van der Waals surface area contributed by atoms with E-state index in [0.717, 1.165) is 20.8 Å². The van der Waals surface area contributed by atoms with Gasteiger partial charge in [-0.25, -0.2) is 19.2 Å². The van der Waals surface area contributed by atoms with Gasteiger partial charge in [-0.3, -0.25) is 18.9 Å². The van der Waals surface area contributed by atoms with Crippen LogP contribution in [0.4, 0.5) is 23.2 Å². The number of hydrogen-bond acceptors (Lipinski definition) is 6. The van der Waals surface area contributed by atoms with Crippen LogP contribution in [0.2, 0.25) is 0 Å². The fourth-order valence-electron chi connectivity index (χ4n) is 4.91. The van der Waals surface area contributed by atoms with Crippen molar-refractivity contribution in [2.45, 2.75) is 38.5 Å². The molecule has 1 saturated heterocycles. The Morgan fingerprint density at radius 1 is 0.973 bits per heavy atom. The molecule has 0 aliphatic carbocycles. The summed E-state index contributed by atoms with van der Waals surface area (Å²) in [5, 5.41) is 0. The van der Waals surface area contributed by atoms with Gasteiger partial charge in [-0.05, 0) is 43.5 Å². The third kappa shape index (κ3) is 4.47. The smallest absolute Gasteiger partial charge is 0.369 e. The molecule has 1 aliphatic heterocycles. The predicted octanol–water partition coefficient (Wildman–Crippen LogP) is 3.70. The number of hydrogen-bond donors (Lipinski definition) is 0. The zero-order chi connectivity index (χ0) is 26.3. The van der Waals surface area contributed by atoms with Crippen LogP contribution in [0, 0.1) is 12.7 Å². The number of para-hydroxylation sites is 1. The van der Waals surface area contributed by atoms with Crippen LogP contribution in [0.1, 0.15) is 35.7 Å². The number of aromatic nitrogens is 5. The Morgan fingerprint density at radius 3 is 2.41 bits per heavy atom. The standard InChI is InChI=1S/C25H22F4N6O2/c1-15-4-2-6-18(26)21(15)33-12-7-16(8-13-33)35-23(36)20-22(32-11-10-31-20)34(24(35)37)14-19-17(25(27,28)29)5-3-9-30-19/h2-6,9-11,16H,7-8,12-14H2,1H3. The molecule has 3 aromatic heterocycles. The van der Waals surface area contributed by atoms with Gasteiger partial charge >= 0.3 is 11.9 Å². The SMILES string of the molecule is Cc1cccc(F)c1N1CCC(n2c(=O)c3nccnc3n(Cc3ncccc3C(F)(F)F)c2=O)CC1. The van der Waals surface area contributed by atoms with Gasteiger partial charge in [-0.15, -0.1) is 0 Å². The third-order valence-electron chi connectivity index (χ3n) is 6.63. The number of anilines is 1. The van der Waals surface area contributed by atoms with E-state index in [1.807, 2.05) is 17.9 Å². The summed E-state index contributed by atoms with van der Waals surface area (Å²) in [6.45, 7) is 2.03. The molecule has 0 N–H and O–H groups in total. The molecule has 12 heteroatoms. The van der Waals surface area contributed by atoms with E-state index >= 15 is 0 Å². The van der Waals surface area contributed by atoms with Gasteiger partial charge in [0.2, 0.25) is 0 Å². The highest BCUT2D eigenvalue weighted by molar-refractivity contribution is 5.68. The van der Waals surface area contributed by atoms with Gasteiger partial charge < -0.3 is 4.90 Å². The molecule has 1 aromatic carbocycles. The Kier molecular flexibility index (Phi) is 6.26. The monoisotopic (exact) mass is 514 g/mol. The summed E-state index contributed by atoms with van der Waals surface area (Å²) in [6, 6.07) is 6.32. The maximum Gasteiger partial charge on any atom is 0.418 e. The van der Waals surface area contributed by atoms with Crippen LogP contribution in [0.5, 0.6) is 0 Å². The van der Waals surface area contributed by atoms with Gasteiger partial charge in [-0.1, -0.05) is 12.1 Å². The Morgan fingerprint density at radius 2 is 1.70 bits per heavy atom. The molecule has 0 atom stereocenters. The van der Waals surface area contributed by atoms with Crippen molar-refractivity contribution >= 4 is 16.9 Å². The van der Waals surface area contributed by atoms with Gasteiger partial charge in [0, 0.05) is 37.7 Å². The van der Waals surface area contributed by atoms with Gasteiger partial charge in [-0.2, -0.15) is 13.2 Å². The lowest BCUT2D eigenvalue weighted by molar-refractivity contribution is -0.138. The quantitative estimate of drug-likeness (QED) is 0.386. The maximum absolute atomic E-state index is 14.5. The number of halogens is 4. The minimum Gasteiger partial charge on any atom is -0.369 e. The van der Waals surface area contributed by atoms with Crippen molar-refractivity contribution < 1.29 is 17.6 Å². The maximum atomic E-state index is 14.5. The summed E-state index contributed by atoms with van der Waals surface area (Å²) in [6.07, 6.45) is -0.215. The van der Waals surface area contributed by atoms with E-state index in [1.54, 1.807) is 6.07 Å². The van der Waals surface area contributed by atoms with Crippen molar-refractivity contribution in [1.29, 1.82) is 0 Å². The van der Waals surface area contributed by atoms with Crippen LogP contribution in [-0.2, 0) is 12.7 Å². The van der Waals surface area contributed by atoms with Gasteiger partial charge in [0.15, 0.2) is 11.2 Å². The number of pyridine rings is 1. The Hall–Kier alpha value is -4.09. The molecule has 0 saturated carbocycles. The van der Waals surface area contributed by atoms with E-state index in [9.17, 15) is 27.2 Å². The lowest BCUT2D eigenvalue weighted by Gasteiger charge is -2.35. The zero-order valence-electron chi connectivity index (χ0n) is 19.7. The third-order valence-corrected chi connectivity index (χ3v) is 6.63. The van der Waals surface area contributed by atoms with Gasteiger partial charge in [0.1, 0.15) is 5.82 Å². The fourth-order valence-corrected chi connectivity index (χ4v) is 4.91. The van der Waals surface area contributed by atoms with Crippen LogP contribution in [0.25, 0.3) is 11.2 Å². The number of rotatable bonds is 4. The van der Waals surface area contributed by atoms with Crippen LogP contribution in [-0.4, -0.2) is 37.2 Å². The van der Waals surface area contributed by atoms with Crippen molar-refractivity contribution in [2.24, 2.45) is 0 Å². The van der Waals surface area contributed by atoms with Crippen molar-refractivity contribution in [2.75, 3.05) is 18.0 Å². The summed E-state index contributed by atoms with van der Waals surface area (Å²) in [5.41, 5.74) is -1.81. The average Bonchev–Trinajstić information content (AvgIpc) is 2.87. The highest BCUT2D eigenvalue weighted by Crippen LogP contribution is 2.32. The Bertz CT molecular complexity index is 1570. The number of fused-ring (bicyclic) bond motifs is 1. The molecule has 0 amide bonds. The summed E-state index contributed by atoms with van der Waals surface area (Å²) in [4.78, 5) is 40.8. The summed E-state index contributed by atoms with van der Waals surface area (Å²) < 4.78 is 57.3. The fraction of sp³-hybridized carbons (Fsp3) is 0.320. The van der Waals surface area contributed by atoms with Gasteiger partial charge in [0.05, 0.1) is 23.5 Å². The topological polar surface area (TPSA) is 85.9 Å².